The highest BCUT2D eigenvalue weighted by Gasteiger charge is 2.58. The van der Waals surface area contributed by atoms with E-state index in [2.05, 4.69) is 0 Å². The Morgan fingerprint density at radius 3 is 2.22 bits per heavy atom. The van der Waals surface area contributed by atoms with E-state index in [1.54, 1.807) is 0 Å². The molecule has 5 nitrogen and oxygen atoms in total. The lowest BCUT2D eigenvalue weighted by Gasteiger charge is -2.24. The Labute approximate surface area is 103 Å². The molecule has 1 aromatic rings. The number of methoxy groups -OCH3 is 1. The predicted molar refractivity (Wildman–Crippen MR) is 59.6 cm³/mol. The van der Waals surface area contributed by atoms with Crippen LogP contribution in [0.4, 0.5) is 0 Å². The van der Waals surface area contributed by atoms with Crippen molar-refractivity contribution in [3.63, 3.8) is 0 Å². The minimum Gasteiger partial charge on any atom is -0.481 e. The molecule has 0 radical (unpaired) electrons. The molecule has 4 atom stereocenters. The number of carbonyl (C=O) groups excluding carboxylic acids is 1. The number of carboxylic acids is 1. The molecule has 1 N–H and O–H groups in total. The Morgan fingerprint density at radius 2 is 1.72 bits per heavy atom. The highest BCUT2D eigenvalue weighted by atomic mass is 16.5. The molecule has 1 saturated heterocycles. The van der Waals surface area contributed by atoms with Gasteiger partial charge in [-0.15, -0.1) is 0 Å². The van der Waals surface area contributed by atoms with Crippen molar-refractivity contribution in [3.8, 4) is 0 Å². The number of aliphatic carboxylic acids is 1. The van der Waals surface area contributed by atoms with Crippen molar-refractivity contribution in [2.24, 2.45) is 11.8 Å². The minimum absolute atomic E-state index is 0.500. The molecule has 2 aliphatic rings. The van der Waals surface area contributed by atoms with Crippen LogP contribution in [0.25, 0.3) is 0 Å². The largest absolute Gasteiger partial charge is 0.481 e. The van der Waals surface area contributed by atoms with Gasteiger partial charge in [0.2, 0.25) is 0 Å². The molecule has 5 heteroatoms. The van der Waals surface area contributed by atoms with E-state index in [0.29, 0.717) is 0 Å². The summed E-state index contributed by atoms with van der Waals surface area (Å²) >= 11 is 0. The lowest BCUT2D eigenvalue weighted by atomic mass is 9.76. The molecule has 18 heavy (non-hydrogen) atoms. The van der Waals surface area contributed by atoms with Crippen LogP contribution in [-0.4, -0.2) is 24.2 Å². The Balaban J connectivity index is 2.08. The number of hydrogen-bond donors (Lipinski definition) is 1. The number of ether oxygens (including phenoxy) is 2. The van der Waals surface area contributed by atoms with Gasteiger partial charge in [0.25, 0.3) is 0 Å². The standard InChI is InChI=1S/C13H12O5/c1-17-13(16)9-8(12(14)15)10-6-4-2-3-5-7(6)11(9)18-10/h2-5,8-11H,1H3,(H,14,15)/t8-,9+,10+,11-/m1/s1. The normalized spacial score (nSPS) is 32.1. The van der Waals surface area contributed by atoms with Crippen LogP contribution >= 0.6 is 0 Å². The maximum atomic E-state index is 11.8. The van der Waals surface area contributed by atoms with Crippen LogP contribution in [0.3, 0.4) is 0 Å². The molecule has 0 amide bonds. The van der Waals surface area contributed by atoms with Gasteiger partial charge < -0.3 is 14.6 Å². The average molecular weight is 248 g/mol. The summed E-state index contributed by atoms with van der Waals surface area (Å²) in [7, 11) is 1.26. The molecule has 0 unspecified atom stereocenters. The van der Waals surface area contributed by atoms with Crippen molar-refractivity contribution in [1.29, 1.82) is 0 Å². The van der Waals surface area contributed by atoms with Gasteiger partial charge in [-0.3, -0.25) is 9.59 Å². The van der Waals surface area contributed by atoms with Crippen molar-refractivity contribution >= 4 is 11.9 Å². The van der Waals surface area contributed by atoms with Crippen molar-refractivity contribution in [2.45, 2.75) is 12.2 Å². The fraction of sp³-hybridized carbons (Fsp3) is 0.385. The maximum Gasteiger partial charge on any atom is 0.312 e. The van der Waals surface area contributed by atoms with E-state index in [-0.39, 0.29) is 0 Å². The Hall–Kier alpha value is -1.88. The minimum atomic E-state index is -1.02. The van der Waals surface area contributed by atoms with E-state index in [1.807, 2.05) is 24.3 Å². The van der Waals surface area contributed by atoms with E-state index in [4.69, 9.17) is 9.47 Å². The fourth-order valence-corrected chi connectivity index (χ4v) is 2.96. The van der Waals surface area contributed by atoms with Gasteiger partial charge in [-0.1, -0.05) is 24.3 Å². The van der Waals surface area contributed by atoms with Crippen LogP contribution in [0.15, 0.2) is 24.3 Å². The topological polar surface area (TPSA) is 72.8 Å². The van der Waals surface area contributed by atoms with Gasteiger partial charge in [0.05, 0.1) is 19.3 Å². The first-order valence-corrected chi connectivity index (χ1v) is 5.70. The zero-order valence-electron chi connectivity index (χ0n) is 9.70. The van der Waals surface area contributed by atoms with Gasteiger partial charge in [-0.05, 0) is 11.1 Å². The summed E-state index contributed by atoms with van der Waals surface area (Å²) in [6, 6.07) is 7.42. The second-order valence-electron chi connectivity index (χ2n) is 4.52. The van der Waals surface area contributed by atoms with Gasteiger partial charge in [0, 0.05) is 0 Å². The summed E-state index contributed by atoms with van der Waals surface area (Å²) in [4.78, 5) is 23.1. The van der Waals surface area contributed by atoms with Gasteiger partial charge in [-0.2, -0.15) is 0 Å². The van der Waals surface area contributed by atoms with E-state index < -0.39 is 36.0 Å². The van der Waals surface area contributed by atoms with Crippen molar-refractivity contribution in [2.75, 3.05) is 7.11 Å². The van der Waals surface area contributed by atoms with Gasteiger partial charge >= 0.3 is 11.9 Å². The fourth-order valence-electron chi connectivity index (χ4n) is 2.96. The van der Waals surface area contributed by atoms with Crippen molar-refractivity contribution in [3.05, 3.63) is 35.4 Å². The highest BCUT2D eigenvalue weighted by molar-refractivity contribution is 5.84. The highest BCUT2D eigenvalue weighted by Crippen LogP contribution is 2.57. The molecule has 2 bridgehead atoms. The van der Waals surface area contributed by atoms with Gasteiger partial charge in [-0.25, -0.2) is 0 Å². The first kappa shape index (κ1) is 11.2. The zero-order valence-corrected chi connectivity index (χ0v) is 9.70. The summed E-state index contributed by atoms with van der Waals surface area (Å²) in [5, 5.41) is 9.29. The molecule has 1 fully saturated rings. The molecule has 3 rings (SSSR count). The van der Waals surface area contributed by atoms with Crippen LogP contribution in [0.5, 0.6) is 0 Å². The van der Waals surface area contributed by atoms with Gasteiger partial charge in [0.15, 0.2) is 0 Å². The number of hydrogen-bond acceptors (Lipinski definition) is 4. The van der Waals surface area contributed by atoms with E-state index in [1.165, 1.54) is 7.11 Å². The monoisotopic (exact) mass is 248 g/mol. The number of esters is 1. The lowest BCUT2D eigenvalue weighted by Crippen LogP contribution is -2.34. The van der Waals surface area contributed by atoms with Crippen LogP contribution in [0, 0.1) is 11.8 Å². The van der Waals surface area contributed by atoms with Crippen LogP contribution in [0.2, 0.25) is 0 Å². The molecule has 0 aliphatic carbocycles. The Kier molecular flexibility index (Phi) is 2.38. The van der Waals surface area contributed by atoms with Crippen molar-refractivity contribution < 1.29 is 24.2 Å². The maximum absolute atomic E-state index is 11.8. The molecule has 0 saturated carbocycles. The first-order chi connectivity index (χ1) is 8.65. The smallest absolute Gasteiger partial charge is 0.312 e. The number of rotatable bonds is 2. The summed E-state index contributed by atoms with van der Waals surface area (Å²) in [6.45, 7) is 0. The SMILES string of the molecule is COC(=O)[C@H]1[C@@H](C(=O)O)[C@H]2O[C@@H]1c1ccccc12. The second-order valence-corrected chi connectivity index (χ2v) is 4.52. The van der Waals surface area contributed by atoms with Crippen molar-refractivity contribution in [1.82, 2.24) is 0 Å². The van der Waals surface area contributed by atoms with Crippen LogP contribution in [-0.2, 0) is 19.1 Å². The summed E-state index contributed by atoms with van der Waals surface area (Å²) in [5.74, 6) is -3.17. The first-order valence-electron chi connectivity index (χ1n) is 5.70. The molecular weight excluding hydrogens is 236 g/mol. The van der Waals surface area contributed by atoms with Crippen LogP contribution < -0.4 is 0 Å². The third-order valence-corrected chi connectivity index (χ3v) is 3.70. The molecule has 2 aliphatic heterocycles. The zero-order chi connectivity index (χ0) is 12.9. The number of benzene rings is 1. The molecular formula is C13H12O5. The Morgan fingerprint density at radius 1 is 1.17 bits per heavy atom. The van der Waals surface area contributed by atoms with Gasteiger partial charge in [0.1, 0.15) is 11.8 Å². The second kappa shape index (κ2) is 3.81. The van der Waals surface area contributed by atoms with Crippen LogP contribution in [0.1, 0.15) is 23.3 Å². The molecule has 0 aromatic heterocycles. The average Bonchev–Trinajstić information content (AvgIpc) is 2.94. The predicted octanol–water partition coefficient (Wildman–Crippen LogP) is 1.30. The number of carboxylic acid groups (broad SMARTS) is 1. The van der Waals surface area contributed by atoms with E-state index in [0.717, 1.165) is 11.1 Å². The number of carbonyl (C=O) groups is 2. The third kappa shape index (κ3) is 1.31. The summed E-state index contributed by atoms with van der Waals surface area (Å²) in [5.41, 5.74) is 1.77. The third-order valence-electron chi connectivity index (χ3n) is 3.70. The number of fused-ring (bicyclic) bond motifs is 5. The lowest BCUT2D eigenvalue weighted by molar-refractivity contribution is -0.155. The molecule has 2 heterocycles. The molecule has 94 valence electrons. The summed E-state index contributed by atoms with van der Waals surface area (Å²) in [6.07, 6.45) is -1.05. The summed E-state index contributed by atoms with van der Waals surface area (Å²) < 4.78 is 10.4. The Bertz CT molecular complexity index is 524. The van der Waals surface area contributed by atoms with E-state index in [9.17, 15) is 14.7 Å². The molecule has 0 spiro atoms. The molecule has 1 aromatic carbocycles. The van der Waals surface area contributed by atoms with E-state index >= 15 is 0 Å². The quantitative estimate of drug-likeness (QED) is 0.799.